The topological polar surface area (TPSA) is 51.4 Å². The zero-order valence-electron chi connectivity index (χ0n) is 13.7. The molecule has 0 aliphatic heterocycles. The van der Waals surface area contributed by atoms with Crippen LogP contribution in [0.5, 0.6) is 5.75 Å². The van der Waals surface area contributed by atoms with Crippen LogP contribution in [0.2, 0.25) is 0 Å². The van der Waals surface area contributed by atoms with E-state index >= 15 is 0 Å². The van der Waals surface area contributed by atoms with Crippen molar-refractivity contribution in [3.8, 4) is 5.75 Å². The fourth-order valence-corrected chi connectivity index (χ4v) is 2.88. The van der Waals surface area contributed by atoms with Crippen LogP contribution in [0.25, 0.3) is 0 Å². The Morgan fingerprint density at radius 1 is 1.36 bits per heavy atom. The minimum absolute atomic E-state index is 0.0723. The first-order valence-corrected chi connectivity index (χ1v) is 7.67. The molecule has 0 radical (unpaired) electrons. The predicted molar refractivity (Wildman–Crippen MR) is 84.3 cm³/mol. The van der Waals surface area contributed by atoms with Crippen LogP contribution in [0.4, 0.5) is 0 Å². The highest BCUT2D eigenvalue weighted by Crippen LogP contribution is 2.48. The maximum Gasteiger partial charge on any atom is 0.234 e. The van der Waals surface area contributed by atoms with Crippen molar-refractivity contribution in [1.29, 1.82) is 0 Å². The average molecular weight is 301 g/mol. The van der Waals surface area contributed by atoms with Crippen molar-refractivity contribution < 1.29 is 9.26 Å². The third-order valence-corrected chi connectivity index (χ3v) is 4.35. The van der Waals surface area contributed by atoms with E-state index in [1.807, 2.05) is 18.2 Å². The van der Waals surface area contributed by atoms with Crippen LogP contribution in [0, 0.1) is 0 Å². The SMILES string of the molecule is COc1cccc(C(C)c2noc(C3(CN(C)C)CC3)n2)c1. The molecule has 1 saturated carbocycles. The molecule has 1 aromatic heterocycles. The van der Waals surface area contributed by atoms with Gasteiger partial charge in [0.2, 0.25) is 5.89 Å². The summed E-state index contributed by atoms with van der Waals surface area (Å²) in [5.74, 6) is 2.46. The number of rotatable bonds is 6. The number of hydrogen-bond acceptors (Lipinski definition) is 5. The van der Waals surface area contributed by atoms with Crippen molar-refractivity contribution in [2.75, 3.05) is 27.7 Å². The van der Waals surface area contributed by atoms with Crippen LogP contribution < -0.4 is 4.74 Å². The van der Waals surface area contributed by atoms with E-state index in [1.165, 1.54) is 0 Å². The fourth-order valence-electron chi connectivity index (χ4n) is 2.88. The van der Waals surface area contributed by atoms with E-state index in [9.17, 15) is 0 Å². The normalized spacial score (nSPS) is 17.5. The molecule has 1 aliphatic rings. The molecule has 0 saturated heterocycles. The fraction of sp³-hybridized carbons (Fsp3) is 0.529. The second-order valence-corrected chi connectivity index (χ2v) is 6.47. The summed E-state index contributed by atoms with van der Waals surface area (Å²) < 4.78 is 10.9. The lowest BCUT2D eigenvalue weighted by molar-refractivity contribution is 0.290. The molecule has 1 heterocycles. The van der Waals surface area contributed by atoms with Crippen molar-refractivity contribution in [2.24, 2.45) is 0 Å². The highest BCUT2D eigenvalue weighted by molar-refractivity contribution is 5.33. The third kappa shape index (κ3) is 2.86. The van der Waals surface area contributed by atoms with Gasteiger partial charge in [0, 0.05) is 12.5 Å². The van der Waals surface area contributed by atoms with Gasteiger partial charge < -0.3 is 14.2 Å². The summed E-state index contributed by atoms with van der Waals surface area (Å²) in [7, 11) is 5.83. The number of aromatic nitrogens is 2. The Hall–Kier alpha value is -1.88. The largest absolute Gasteiger partial charge is 0.497 e. The molecule has 1 atom stereocenters. The molecule has 0 N–H and O–H groups in total. The van der Waals surface area contributed by atoms with Gasteiger partial charge in [-0.1, -0.05) is 24.2 Å². The number of benzene rings is 1. The second-order valence-electron chi connectivity index (χ2n) is 6.47. The molecule has 0 amide bonds. The Kier molecular flexibility index (Phi) is 3.91. The third-order valence-electron chi connectivity index (χ3n) is 4.35. The Balaban J connectivity index is 1.81. The van der Waals surface area contributed by atoms with E-state index in [1.54, 1.807) is 7.11 Å². The maximum atomic E-state index is 5.57. The molecule has 1 aliphatic carbocycles. The van der Waals surface area contributed by atoms with E-state index in [0.717, 1.165) is 42.4 Å². The van der Waals surface area contributed by atoms with Crippen LogP contribution in [0.3, 0.4) is 0 Å². The lowest BCUT2D eigenvalue weighted by atomic mass is 10.0. The monoisotopic (exact) mass is 301 g/mol. The summed E-state index contributed by atoms with van der Waals surface area (Å²) in [4.78, 5) is 6.87. The van der Waals surface area contributed by atoms with E-state index < -0.39 is 0 Å². The van der Waals surface area contributed by atoms with Gasteiger partial charge in [-0.15, -0.1) is 0 Å². The zero-order valence-corrected chi connectivity index (χ0v) is 13.7. The summed E-state index contributed by atoms with van der Waals surface area (Å²) in [5.41, 5.74) is 1.20. The summed E-state index contributed by atoms with van der Waals surface area (Å²) in [6.07, 6.45) is 2.25. The minimum Gasteiger partial charge on any atom is -0.497 e. The smallest absolute Gasteiger partial charge is 0.234 e. The predicted octanol–water partition coefficient (Wildman–Crippen LogP) is 2.82. The van der Waals surface area contributed by atoms with Gasteiger partial charge in [0.1, 0.15) is 5.75 Å². The molecule has 0 bridgehead atoms. The number of ether oxygens (including phenoxy) is 1. The van der Waals surface area contributed by atoms with Gasteiger partial charge in [-0.05, 0) is 44.6 Å². The number of methoxy groups -OCH3 is 1. The van der Waals surface area contributed by atoms with Gasteiger partial charge in [0.25, 0.3) is 0 Å². The zero-order chi connectivity index (χ0) is 15.7. The molecule has 1 unspecified atom stereocenters. The van der Waals surface area contributed by atoms with Gasteiger partial charge >= 0.3 is 0 Å². The molecule has 3 rings (SSSR count). The van der Waals surface area contributed by atoms with Gasteiger partial charge in [0.05, 0.1) is 12.5 Å². The van der Waals surface area contributed by atoms with E-state index in [0.29, 0.717) is 0 Å². The first kappa shape index (κ1) is 15.0. The van der Waals surface area contributed by atoms with Crippen LogP contribution in [-0.2, 0) is 5.41 Å². The van der Waals surface area contributed by atoms with Crippen LogP contribution in [-0.4, -0.2) is 42.8 Å². The van der Waals surface area contributed by atoms with E-state index in [4.69, 9.17) is 9.26 Å². The molecule has 118 valence electrons. The first-order chi connectivity index (χ1) is 10.5. The van der Waals surface area contributed by atoms with Crippen molar-refractivity contribution in [3.63, 3.8) is 0 Å². The van der Waals surface area contributed by atoms with Gasteiger partial charge in [0.15, 0.2) is 5.82 Å². The van der Waals surface area contributed by atoms with Gasteiger partial charge in [-0.3, -0.25) is 0 Å². The standard InChI is InChI=1S/C17H23N3O2/c1-12(13-6-5-7-14(10-13)21-4)15-18-16(22-19-15)17(8-9-17)11-20(2)3/h5-7,10,12H,8-9,11H2,1-4H3. The highest BCUT2D eigenvalue weighted by Gasteiger charge is 2.49. The molecular weight excluding hydrogens is 278 g/mol. The summed E-state index contributed by atoms with van der Waals surface area (Å²) >= 11 is 0. The first-order valence-electron chi connectivity index (χ1n) is 7.67. The molecule has 5 heteroatoms. The van der Waals surface area contributed by atoms with Crippen molar-refractivity contribution in [1.82, 2.24) is 15.0 Å². The summed E-state index contributed by atoms with van der Waals surface area (Å²) in [6, 6.07) is 8.01. The number of nitrogens with zero attached hydrogens (tertiary/aromatic N) is 3. The Morgan fingerprint density at radius 3 is 2.77 bits per heavy atom. The van der Waals surface area contributed by atoms with Crippen LogP contribution in [0.15, 0.2) is 28.8 Å². The van der Waals surface area contributed by atoms with E-state index in [-0.39, 0.29) is 11.3 Å². The van der Waals surface area contributed by atoms with Crippen molar-refractivity contribution in [2.45, 2.75) is 31.1 Å². The average Bonchev–Trinajstić information content (AvgIpc) is 3.11. The highest BCUT2D eigenvalue weighted by atomic mass is 16.5. The molecule has 22 heavy (non-hydrogen) atoms. The second kappa shape index (κ2) is 5.72. The molecule has 1 aromatic carbocycles. The Morgan fingerprint density at radius 2 is 2.14 bits per heavy atom. The van der Waals surface area contributed by atoms with Crippen molar-refractivity contribution >= 4 is 0 Å². The maximum absolute atomic E-state index is 5.57. The quantitative estimate of drug-likeness (QED) is 0.821. The van der Waals surface area contributed by atoms with Gasteiger partial charge in [-0.25, -0.2) is 0 Å². The lowest BCUT2D eigenvalue weighted by Crippen LogP contribution is -2.26. The summed E-state index contributed by atoms with van der Waals surface area (Å²) in [5, 5.41) is 4.22. The Labute approximate surface area is 131 Å². The number of likely N-dealkylation sites (N-methyl/N-ethyl adjacent to an activating group) is 1. The minimum atomic E-state index is 0.0723. The lowest BCUT2D eigenvalue weighted by Gasteiger charge is -2.15. The van der Waals surface area contributed by atoms with Gasteiger partial charge in [-0.2, -0.15) is 4.98 Å². The van der Waals surface area contributed by atoms with Crippen molar-refractivity contribution in [3.05, 3.63) is 41.5 Å². The molecular formula is C17H23N3O2. The van der Waals surface area contributed by atoms with Crippen LogP contribution in [0.1, 0.15) is 43.0 Å². The van der Waals surface area contributed by atoms with Crippen LogP contribution >= 0.6 is 0 Å². The summed E-state index contributed by atoms with van der Waals surface area (Å²) in [6.45, 7) is 3.05. The Bertz CT molecular complexity index is 647. The molecule has 0 spiro atoms. The molecule has 1 fully saturated rings. The molecule has 2 aromatic rings. The van der Waals surface area contributed by atoms with E-state index in [2.05, 4.69) is 42.1 Å². The number of hydrogen-bond donors (Lipinski definition) is 0. The molecule has 5 nitrogen and oxygen atoms in total.